The molecule has 1 unspecified atom stereocenters. The number of carbonyl (C=O) groups excluding carboxylic acids is 3. The molecule has 54 heavy (non-hydrogen) atoms. The van der Waals surface area contributed by atoms with E-state index in [4.69, 9.17) is 4.74 Å². The average molecular weight is 712 g/mol. The van der Waals surface area contributed by atoms with Crippen LogP contribution < -0.4 is 10.6 Å². The molecule has 8 rings (SSSR count). The first kappa shape index (κ1) is 34.2. The summed E-state index contributed by atoms with van der Waals surface area (Å²) in [4.78, 5) is 42.0. The van der Waals surface area contributed by atoms with Gasteiger partial charge < -0.3 is 15.4 Å². The number of alkyl carbamates (subject to hydrolysis) is 1. The number of hydrogen-bond acceptors (Lipinski definition) is 6. The van der Waals surface area contributed by atoms with E-state index in [2.05, 4.69) is 33.1 Å². The van der Waals surface area contributed by atoms with Crippen LogP contribution in [0.1, 0.15) is 51.4 Å². The van der Waals surface area contributed by atoms with Crippen LogP contribution in [-0.4, -0.2) is 45.6 Å². The molecule has 0 bridgehead atoms. The third-order valence-electron chi connectivity index (χ3n) is 10.1. The van der Waals surface area contributed by atoms with E-state index < -0.39 is 23.6 Å². The van der Waals surface area contributed by atoms with Crippen molar-refractivity contribution in [3.63, 3.8) is 0 Å². The molecule has 1 aromatic heterocycles. The Kier molecular flexibility index (Phi) is 9.51. The van der Waals surface area contributed by atoms with Crippen LogP contribution in [-0.2, 0) is 15.1 Å². The van der Waals surface area contributed by atoms with Gasteiger partial charge in [0, 0.05) is 12.3 Å². The molecule has 1 aliphatic carbocycles. The maximum atomic E-state index is 14.2. The van der Waals surface area contributed by atoms with Gasteiger partial charge in [0.1, 0.15) is 23.7 Å². The summed E-state index contributed by atoms with van der Waals surface area (Å²) >= 11 is 0. The van der Waals surface area contributed by atoms with Gasteiger partial charge in [0.15, 0.2) is 0 Å². The lowest BCUT2D eigenvalue weighted by Gasteiger charge is -2.37. The lowest BCUT2D eigenvalue weighted by Crippen LogP contribution is -2.49. The number of para-hydroxylation sites is 1. The van der Waals surface area contributed by atoms with Crippen LogP contribution in [0, 0.1) is 0 Å². The first-order valence-electron chi connectivity index (χ1n) is 18.0. The Balaban J connectivity index is 1.06. The topological polar surface area (TPSA) is 115 Å². The number of nitrogens with zero attached hydrogens (tertiary/aromatic N) is 3. The van der Waals surface area contributed by atoms with Gasteiger partial charge in [-0.05, 0) is 57.5 Å². The maximum absolute atomic E-state index is 14.2. The Labute approximate surface area is 312 Å². The molecule has 0 spiro atoms. The minimum Gasteiger partial charge on any atom is -0.449 e. The van der Waals surface area contributed by atoms with Crippen LogP contribution in [0.4, 0.5) is 4.79 Å². The van der Waals surface area contributed by atoms with Crippen molar-refractivity contribution < 1.29 is 19.1 Å². The molecule has 0 saturated heterocycles. The van der Waals surface area contributed by atoms with Crippen molar-refractivity contribution in [2.45, 2.75) is 30.3 Å². The van der Waals surface area contributed by atoms with E-state index >= 15 is 0 Å². The van der Waals surface area contributed by atoms with Crippen molar-refractivity contribution in [3.05, 3.63) is 192 Å². The smallest absolute Gasteiger partial charge is 0.407 e. The van der Waals surface area contributed by atoms with Crippen molar-refractivity contribution in [3.8, 4) is 11.1 Å². The highest BCUT2D eigenvalue weighted by atomic mass is 16.5. The number of fused-ring (bicyclic) bond motifs is 4. The molecule has 2 amide bonds. The average Bonchev–Trinajstić information content (AvgIpc) is 3.81. The first-order valence-corrected chi connectivity index (χ1v) is 18.0. The molecule has 1 heterocycles. The van der Waals surface area contributed by atoms with Crippen LogP contribution in [0.15, 0.2) is 164 Å². The summed E-state index contributed by atoms with van der Waals surface area (Å²) in [6.45, 7) is 0.0707. The fraction of sp³-hybridized carbons (Fsp3) is 0.133. The lowest BCUT2D eigenvalue weighted by atomic mass is 9.77. The second-order valence-electron chi connectivity index (χ2n) is 13.3. The minimum atomic E-state index is -1.16. The molecular weight excluding hydrogens is 675 g/mol. The summed E-state index contributed by atoms with van der Waals surface area (Å²) in [7, 11) is 0. The van der Waals surface area contributed by atoms with Crippen molar-refractivity contribution in [2.75, 3.05) is 6.61 Å². The molecule has 0 fully saturated rings. The Morgan fingerprint density at radius 2 is 1.15 bits per heavy atom. The van der Waals surface area contributed by atoms with Gasteiger partial charge in [-0.25, -0.2) is 4.79 Å². The van der Waals surface area contributed by atoms with Gasteiger partial charge in [0.25, 0.3) is 5.91 Å². The standard InChI is InChI=1S/C45H37N5O4/c51-42(47-45(31-16-4-1-5-17-31,32-18-6-2-7-19-32)33-20-8-3-9-21-33)29-28-40(43(52)50-41-27-15-14-26-39(41)48-49-50)46-44(53)54-30-38-36-24-12-10-22-34(36)35-23-11-13-25-37(35)38/h1-27,38,40H,28-30H2,(H,46,53)(H,47,51). The van der Waals surface area contributed by atoms with Crippen molar-refractivity contribution in [1.82, 2.24) is 25.6 Å². The van der Waals surface area contributed by atoms with Crippen molar-refractivity contribution >= 4 is 28.9 Å². The molecule has 1 atom stereocenters. The number of benzene rings is 6. The Morgan fingerprint density at radius 1 is 0.648 bits per heavy atom. The highest BCUT2D eigenvalue weighted by Gasteiger charge is 2.38. The van der Waals surface area contributed by atoms with Crippen molar-refractivity contribution in [2.24, 2.45) is 0 Å². The number of amides is 2. The summed E-state index contributed by atoms with van der Waals surface area (Å²) in [6.07, 6.45) is -0.898. The fourth-order valence-electron chi connectivity index (χ4n) is 7.55. The van der Waals surface area contributed by atoms with Gasteiger partial charge in [0.05, 0.1) is 5.52 Å². The Hall–Kier alpha value is -6.87. The quantitative estimate of drug-likeness (QED) is 0.132. The van der Waals surface area contributed by atoms with E-state index in [1.165, 1.54) is 4.68 Å². The second-order valence-corrected chi connectivity index (χ2v) is 13.3. The Morgan fingerprint density at radius 3 is 1.72 bits per heavy atom. The summed E-state index contributed by atoms with van der Waals surface area (Å²) in [5.74, 6) is -1.02. The normalized spacial score (nSPS) is 12.7. The SMILES string of the molecule is O=C(CCC(NC(=O)OCC1c2ccccc2-c2ccccc21)C(=O)n1nnc2ccccc21)NC(c1ccccc1)(c1ccccc1)c1ccccc1. The van der Waals surface area contributed by atoms with E-state index in [1.807, 2.05) is 127 Å². The molecule has 9 heteroatoms. The van der Waals surface area contributed by atoms with E-state index in [0.717, 1.165) is 38.9 Å². The molecule has 1 aliphatic rings. The van der Waals surface area contributed by atoms with E-state index in [1.54, 1.807) is 24.3 Å². The van der Waals surface area contributed by atoms with Gasteiger partial charge in [0.2, 0.25) is 5.91 Å². The van der Waals surface area contributed by atoms with E-state index in [0.29, 0.717) is 11.0 Å². The predicted octanol–water partition coefficient (Wildman–Crippen LogP) is 7.87. The number of nitrogens with one attached hydrogen (secondary N) is 2. The van der Waals surface area contributed by atoms with Crippen LogP contribution in [0.2, 0.25) is 0 Å². The largest absolute Gasteiger partial charge is 0.449 e. The Bertz CT molecular complexity index is 2290. The molecule has 266 valence electrons. The van der Waals surface area contributed by atoms with Crippen LogP contribution in [0.5, 0.6) is 0 Å². The number of hydrogen-bond donors (Lipinski definition) is 2. The second kappa shape index (κ2) is 15.0. The highest BCUT2D eigenvalue weighted by Crippen LogP contribution is 2.44. The summed E-state index contributed by atoms with van der Waals surface area (Å²) in [5.41, 5.74) is 6.95. The maximum Gasteiger partial charge on any atom is 0.407 e. The minimum absolute atomic E-state index is 0.0303. The van der Waals surface area contributed by atoms with Crippen LogP contribution >= 0.6 is 0 Å². The van der Waals surface area contributed by atoms with E-state index in [-0.39, 0.29) is 31.3 Å². The molecule has 7 aromatic rings. The van der Waals surface area contributed by atoms with Gasteiger partial charge in [-0.3, -0.25) is 9.59 Å². The van der Waals surface area contributed by atoms with Gasteiger partial charge in [-0.2, -0.15) is 4.68 Å². The predicted molar refractivity (Wildman–Crippen MR) is 207 cm³/mol. The number of carbonyl (C=O) groups is 3. The van der Waals surface area contributed by atoms with Crippen LogP contribution in [0.3, 0.4) is 0 Å². The zero-order valence-electron chi connectivity index (χ0n) is 29.3. The molecule has 0 saturated carbocycles. The highest BCUT2D eigenvalue weighted by molar-refractivity contribution is 5.94. The number of ether oxygens (including phenoxy) is 1. The number of aromatic nitrogens is 3. The van der Waals surface area contributed by atoms with Crippen molar-refractivity contribution in [1.29, 1.82) is 0 Å². The monoisotopic (exact) mass is 711 g/mol. The van der Waals surface area contributed by atoms with E-state index in [9.17, 15) is 14.4 Å². The fourth-order valence-corrected chi connectivity index (χ4v) is 7.55. The first-order chi connectivity index (χ1) is 26.5. The third-order valence-corrected chi connectivity index (χ3v) is 10.1. The molecule has 0 radical (unpaired) electrons. The molecular formula is C45H37N5O4. The summed E-state index contributed by atoms with van der Waals surface area (Å²) < 4.78 is 7.01. The van der Waals surface area contributed by atoms with Gasteiger partial charge in [-0.15, -0.1) is 5.10 Å². The molecule has 0 aliphatic heterocycles. The van der Waals surface area contributed by atoms with Gasteiger partial charge in [-0.1, -0.05) is 157 Å². The molecule has 2 N–H and O–H groups in total. The zero-order chi connectivity index (χ0) is 36.9. The summed E-state index contributed by atoms with van der Waals surface area (Å²) in [5, 5.41) is 14.4. The summed E-state index contributed by atoms with van der Waals surface area (Å²) in [6, 6.07) is 51.5. The third kappa shape index (κ3) is 6.52. The van der Waals surface area contributed by atoms with Gasteiger partial charge >= 0.3 is 6.09 Å². The lowest BCUT2D eigenvalue weighted by molar-refractivity contribution is -0.122. The van der Waals surface area contributed by atoms with Crippen LogP contribution in [0.25, 0.3) is 22.2 Å². The molecule has 9 nitrogen and oxygen atoms in total. The zero-order valence-corrected chi connectivity index (χ0v) is 29.3. The molecule has 6 aromatic carbocycles. The number of rotatable bonds is 11.